The van der Waals surface area contributed by atoms with Crippen LogP contribution in [0.1, 0.15) is 136 Å². The zero-order valence-electron chi connectivity index (χ0n) is 52.7. The van der Waals surface area contributed by atoms with E-state index in [1.807, 2.05) is 0 Å². The molecule has 0 aliphatic rings. The van der Waals surface area contributed by atoms with Gasteiger partial charge >= 0.3 is 0 Å². The minimum absolute atomic E-state index is 1.06. The predicted octanol–water partition coefficient (Wildman–Crippen LogP) is 12.2. The van der Waals surface area contributed by atoms with E-state index in [2.05, 4.69) is 200 Å². The second-order valence-corrected chi connectivity index (χ2v) is 30.0. The van der Waals surface area contributed by atoms with Gasteiger partial charge in [-0.2, -0.15) is 0 Å². The molecule has 0 fully saturated rings. The van der Waals surface area contributed by atoms with E-state index in [4.69, 9.17) is 0 Å². The highest BCUT2D eigenvalue weighted by molar-refractivity contribution is 5.23. The average molecular weight is 1030 g/mol. The van der Waals surface area contributed by atoms with Gasteiger partial charge in [0.2, 0.25) is 0 Å². The fraction of sp³-hybridized carbons (Fsp3) is 0.727. The molecule has 3 aromatic rings. The second-order valence-electron chi connectivity index (χ2n) is 30.0. The predicted molar refractivity (Wildman–Crippen MR) is 323 cm³/mol. The van der Waals surface area contributed by atoms with Crippen molar-refractivity contribution in [3.63, 3.8) is 0 Å². The average Bonchev–Trinajstić information content (AvgIpc) is 3.26. The van der Waals surface area contributed by atoms with Crippen molar-refractivity contribution < 1.29 is 35.9 Å². The minimum atomic E-state index is 1.06. The third kappa shape index (κ3) is 31.5. The van der Waals surface area contributed by atoms with Crippen LogP contribution in [0.3, 0.4) is 0 Å². The lowest BCUT2D eigenvalue weighted by Crippen LogP contribution is -2.40. The first-order valence-electron chi connectivity index (χ1n) is 30.1. The number of nitrogens with zero attached hydrogens (tertiary/aromatic N) is 8. The van der Waals surface area contributed by atoms with Gasteiger partial charge in [0.25, 0.3) is 0 Å². The molecule has 0 saturated heterocycles. The maximum atomic E-state index is 2.42. The highest BCUT2D eigenvalue weighted by atomic mass is 15.3. The minimum Gasteiger partial charge on any atom is -0.331 e. The lowest BCUT2D eigenvalue weighted by molar-refractivity contribution is -0.904. The van der Waals surface area contributed by atoms with Gasteiger partial charge in [0, 0.05) is 33.4 Å². The van der Waals surface area contributed by atoms with Gasteiger partial charge in [0.05, 0.1) is 179 Å². The number of unbranched alkanes of at least 4 members (excludes halogenated alkanes) is 12. The van der Waals surface area contributed by atoms with Crippen molar-refractivity contribution in [1.82, 2.24) is 0 Å². The Labute approximate surface area is 461 Å². The number of benzene rings is 3. The van der Waals surface area contributed by atoms with E-state index in [1.54, 1.807) is 0 Å². The Morgan fingerprint density at radius 1 is 0.176 bits per heavy atom. The van der Waals surface area contributed by atoms with E-state index in [-0.39, 0.29) is 0 Å². The molecule has 0 aromatic heterocycles. The van der Waals surface area contributed by atoms with Gasteiger partial charge in [-0.05, 0) is 103 Å². The maximum Gasteiger partial charge on any atom is 0.104 e. The monoisotopic (exact) mass is 1030 g/mol. The molecule has 0 N–H and O–H groups in total. The standard InChI is InChI=1S/C66H126N8/c1-67(2,3)47-27-19-21-29-49-69(7,8)55-61-35-39-63(40-36-61)57-71(11,12)51-31-23-25-33-53-73(15,16)59-65-43-45-66(46-44-65)60-74(17,18)54-34-26-24-32-52-72(13,14)58-64-41-37-62(38-42-64)56-70(9,10)50-30-22-20-28-48-68(4,5)6/h35-46H,19-34,47-60H2,1-18H3/q+8. The van der Waals surface area contributed by atoms with Crippen LogP contribution in [0.2, 0.25) is 0 Å². The molecule has 0 radical (unpaired) electrons. The molecule has 0 bridgehead atoms. The highest BCUT2D eigenvalue weighted by Crippen LogP contribution is 2.21. The SMILES string of the molecule is C[N+](C)(C)CCCCCC[N+](C)(C)Cc1ccc(C[N+](C)(C)CCCCCC[N+](C)(C)Cc2ccc(C[N+](C)(C)CCCCCC[N+](C)(C)Cc3ccc(C[N+](C)(C)CCCCCC[N+](C)(C)C)cc3)cc2)cc1. The molecule has 0 aliphatic heterocycles. The summed E-state index contributed by atoms with van der Waals surface area (Å²) in [4.78, 5) is 0. The zero-order chi connectivity index (χ0) is 55.2. The highest BCUT2D eigenvalue weighted by Gasteiger charge is 2.22. The molecule has 0 saturated carbocycles. The molecular weight excluding hydrogens is 905 g/mol. The first kappa shape index (κ1) is 65.6. The van der Waals surface area contributed by atoms with Gasteiger partial charge < -0.3 is 35.9 Å². The molecule has 3 rings (SSSR count). The van der Waals surface area contributed by atoms with Crippen molar-refractivity contribution in [2.24, 2.45) is 0 Å². The van der Waals surface area contributed by atoms with E-state index in [1.165, 1.54) is 188 Å². The third-order valence-electron chi connectivity index (χ3n) is 16.0. The van der Waals surface area contributed by atoms with Crippen LogP contribution in [0.4, 0.5) is 0 Å². The van der Waals surface area contributed by atoms with Crippen molar-refractivity contribution in [2.45, 2.75) is 142 Å². The maximum absolute atomic E-state index is 2.42. The van der Waals surface area contributed by atoms with Gasteiger partial charge in [-0.1, -0.05) is 72.8 Å². The van der Waals surface area contributed by atoms with Crippen molar-refractivity contribution in [1.29, 1.82) is 0 Å². The van der Waals surface area contributed by atoms with E-state index in [0.717, 1.165) is 75.1 Å². The van der Waals surface area contributed by atoms with Crippen molar-refractivity contribution in [2.75, 3.05) is 179 Å². The van der Waals surface area contributed by atoms with Gasteiger partial charge in [-0.3, -0.25) is 0 Å². The van der Waals surface area contributed by atoms with E-state index in [9.17, 15) is 0 Å². The molecule has 0 amide bonds. The Morgan fingerprint density at radius 2 is 0.297 bits per heavy atom. The number of hydrogen-bond acceptors (Lipinski definition) is 0. The molecule has 0 atom stereocenters. The van der Waals surface area contributed by atoms with Crippen LogP contribution >= 0.6 is 0 Å². The number of hydrogen-bond donors (Lipinski definition) is 0. The Kier molecular flexibility index (Phi) is 27.0. The molecule has 422 valence electrons. The Morgan fingerprint density at radius 3 is 0.419 bits per heavy atom. The first-order valence-corrected chi connectivity index (χ1v) is 30.1. The van der Waals surface area contributed by atoms with E-state index in [0.29, 0.717) is 0 Å². The summed E-state index contributed by atoms with van der Waals surface area (Å²) < 4.78 is 8.56. The van der Waals surface area contributed by atoms with Crippen LogP contribution in [-0.2, 0) is 39.3 Å². The lowest BCUT2D eigenvalue weighted by atomic mass is 10.1. The molecule has 74 heavy (non-hydrogen) atoms. The molecule has 0 spiro atoms. The lowest BCUT2D eigenvalue weighted by Gasteiger charge is -2.32. The van der Waals surface area contributed by atoms with Gasteiger partial charge in [-0.25, -0.2) is 0 Å². The Balaban J connectivity index is 1.26. The summed E-state index contributed by atoms with van der Waals surface area (Å²) >= 11 is 0. The molecule has 8 heteroatoms. The number of rotatable bonds is 40. The van der Waals surface area contributed by atoms with Crippen molar-refractivity contribution >= 4 is 0 Å². The molecular formula is C66H126N8+8. The fourth-order valence-electron chi connectivity index (χ4n) is 11.5. The molecule has 0 heterocycles. The van der Waals surface area contributed by atoms with Gasteiger partial charge in [-0.15, -0.1) is 0 Å². The number of quaternary nitrogens is 8. The topological polar surface area (TPSA) is 0 Å². The van der Waals surface area contributed by atoms with Crippen molar-refractivity contribution in [3.05, 3.63) is 106 Å². The second kappa shape index (κ2) is 30.5. The summed E-state index contributed by atoms with van der Waals surface area (Å²) in [5, 5.41) is 0. The summed E-state index contributed by atoms with van der Waals surface area (Å²) in [6.07, 6.45) is 21.3. The smallest absolute Gasteiger partial charge is 0.104 e. The van der Waals surface area contributed by atoms with Crippen LogP contribution in [0.25, 0.3) is 0 Å². The molecule has 8 nitrogen and oxygen atoms in total. The van der Waals surface area contributed by atoms with E-state index >= 15 is 0 Å². The molecule has 0 aliphatic carbocycles. The largest absolute Gasteiger partial charge is 0.331 e. The van der Waals surface area contributed by atoms with Crippen LogP contribution < -0.4 is 0 Å². The van der Waals surface area contributed by atoms with Gasteiger partial charge in [0.15, 0.2) is 0 Å². The first-order chi connectivity index (χ1) is 34.3. The third-order valence-corrected chi connectivity index (χ3v) is 16.0. The molecule has 3 aromatic carbocycles. The van der Waals surface area contributed by atoms with Crippen LogP contribution in [0, 0.1) is 0 Å². The summed E-state index contributed by atoms with van der Waals surface area (Å²) in [5.74, 6) is 0. The summed E-state index contributed by atoms with van der Waals surface area (Å²) in [6.45, 7) is 16.7. The van der Waals surface area contributed by atoms with Crippen LogP contribution in [0.5, 0.6) is 0 Å². The Bertz CT molecular complexity index is 1800. The zero-order valence-corrected chi connectivity index (χ0v) is 52.7. The Hall–Kier alpha value is -2.66. The van der Waals surface area contributed by atoms with Gasteiger partial charge in [0.1, 0.15) is 39.3 Å². The quantitative estimate of drug-likeness (QED) is 0.0393. The molecule has 0 unspecified atom stereocenters. The normalized spacial score (nSPS) is 13.5. The van der Waals surface area contributed by atoms with Crippen molar-refractivity contribution in [3.8, 4) is 0 Å². The van der Waals surface area contributed by atoms with Crippen LogP contribution in [-0.4, -0.2) is 215 Å². The fourth-order valence-corrected chi connectivity index (χ4v) is 11.5. The van der Waals surface area contributed by atoms with E-state index < -0.39 is 0 Å². The van der Waals surface area contributed by atoms with Crippen LogP contribution in [0.15, 0.2) is 72.8 Å². The summed E-state index contributed by atoms with van der Waals surface area (Å²) in [7, 11) is 42.8. The summed E-state index contributed by atoms with van der Waals surface area (Å²) in [5.41, 5.74) is 8.82. The summed E-state index contributed by atoms with van der Waals surface area (Å²) in [6, 6.07) is 28.8.